The summed E-state index contributed by atoms with van der Waals surface area (Å²) >= 11 is 0. The predicted octanol–water partition coefficient (Wildman–Crippen LogP) is 6.13. The molecule has 0 aromatic heterocycles. The molecule has 0 bridgehead atoms. The summed E-state index contributed by atoms with van der Waals surface area (Å²) in [7, 11) is 0. The summed E-state index contributed by atoms with van der Waals surface area (Å²) in [5.74, 6) is -0.989. The highest BCUT2D eigenvalue weighted by Gasteiger charge is 2.38. The minimum absolute atomic E-state index is 0.288. The van der Waals surface area contributed by atoms with E-state index in [1.165, 1.54) is 0 Å². The van der Waals surface area contributed by atoms with Gasteiger partial charge in [-0.15, -0.1) is 0 Å². The molecule has 32 heavy (non-hydrogen) atoms. The number of hydrogen-bond acceptors (Lipinski definition) is 3. The quantitative estimate of drug-likeness (QED) is 0.403. The highest BCUT2D eigenvalue weighted by Crippen LogP contribution is 2.34. The van der Waals surface area contributed by atoms with E-state index in [4.69, 9.17) is 4.74 Å². The van der Waals surface area contributed by atoms with E-state index in [0.717, 1.165) is 22.8 Å². The van der Waals surface area contributed by atoms with Crippen LogP contribution in [0.3, 0.4) is 0 Å². The Hall–Kier alpha value is -3.34. The third-order valence-electron chi connectivity index (χ3n) is 6.01. The number of unbranched alkanes of at least 4 members (excludes halogenated alkanes) is 1. The van der Waals surface area contributed by atoms with Gasteiger partial charge in [0.05, 0.1) is 5.56 Å². The molecule has 3 aromatic carbocycles. The molecule has 0 saturated carbocycles. The Kier molecular flexibility index (Phi) is 7.52. The van der Waals surface area contributed by atoms with Crippen molar-refractivity contribution in [3.63, 3.8) is 0 Å². The first-order chi connectivity index (χ1) is 15.4. The Balaban J connectivity index is 2.02. The van der Waals surface area contributed by atoms with Crippen LogP contribution < -0.4 is 10.1 Å². The molecular weight excluding hydrogens is 402 g/mol. The second-order valence-corrected chi connectivity index (χ2v) is 8.13. The van der Waals surface area contributed by atoms with Crippen molar-refractivity contribution < 1.29 is 19.4 Å². The van der Waals surface area contributed by atoms with E-state index >= 15 is 0 Å². The lowest BCUT2D eigenvalue weighted by molar-refractivity contribution is -0.145. The van der Waals surface area contributed by atoms with E-state index in [1.807, 2.05) is 74.5 Å². The normalized spacial score (nSPS) is 13.8. The molecule has 3 aromatic rings. The van der Waals surface area contributed by atoms with E-state index in [1.54, 1.807) is 13.0 Å². The fraction of sp³-hybridized carbons (Fsp3) is 0.333. The van der Waals surface area contributed by atoms with Crippen molar-refractivity contribution in [2.24, 2.45) is 0 Å². The van der Waals surface area contributed by atoms with Crippen molar-refractivity contribution in [2.75, 3.05) is 0 Å². The number of carboxylic acid groups (broad SMARTS) is 1. The first-order valence-corrected chi connectivity index (χ1v) is 11.2. The first kappa shape index (κ1) is 23.3. The van der Waals surface area contributed by atoms with Crippen molar-refractivity contribution in [2.45, 2.75) is 58.1 Å². The number of rotatable bonds is 10. The average Bonchev–Trinajstić information content (AvgIpc) is 2.82. The topological polar surface area (TPSA) is 75.6 Å². The van der Waals surface area contributed by atoms with Gasteiger partial charge >= 0.3 is 5.97 Å². The van der Waals surface area contributed by atoms with Gasteiger partial charge in [0.2, 0.25) is 0 Å². The van der Waals surface area contributed by atoms with Crippen molar-refractivity contribution in [1.82, 2.24) is 5.32 Å². The van der Waals surface area contributed by atoms with E-state index in [2.05, 4.69) is 5.32 Å². The third kappa shape index (κ3) is 4.93. The van der Waals surface area contributed by atoms with Crippen LogP contribution in [0.1, 0.15) is 68.5 Å². The van der Waals surface area contributed by atoms with Gasteiger partial charge in [-0.3, -0.25) is 4.79 Å². The summed E-state index contributed by atoms with van der Waals surface area (Å²) in [6.07, 6.45) is 1.96. The van der Waals surface area contributed by atoms with Gasteiger partial charge in [0, 0.05) is 5.39 Å². The van der Waals surface area contributed by atoms with E-state index in [0.29, 0.717) is 30.6 Å². The minimum atomic E-state index is -1.30. The largest absolute Gasteiger partial charge is 0.485 e. The summed E-state index contributed by atoms with van der Waals surface area (Å²) < 4.78 is 6.35. The zero-order chi connectivity index (χ0) is 23.1. The number of aliphatic carboxylic acids is 1. The van der Waals surface area contributed by atoms with Crippen LogP contribution in [0.25, 0.3) is 10.8 Å². The van der Waals surface area contributed by atoms with Gasteiger partial charge in [-0.2, -0.15) is 0 Å². The molecule has 5 heteroatoms. The van der Waals surface area contributed by atoms with Crippen LogP contribution in [0.15, 0.2) is 66.7 Å². The number of hydrogen-bond donors (Lipinski definition) is 2. The van der Waals surface area contributed by atoms with Crippen molar-refractivity contribution in [3.05, 3.63) is 77.9 Å². The van der Waals surface area contributed by atoms with Crippen LogP contribution in [0.4, 0.5) is 0 Å². The molecule has 0 saturated heterocycles. The third-order valence-corrected chi connectivity index (χ3v) is 6.01. The summed E-state index contributed by atoms with van der Waals surface area (Å²) in [5.41, 5.74) is 0.0198. The summed E-state index contributed by atoms with van der Waals surface area (Å²) in [5, 5.41) is 14.5. The number of ether oxygens (including phenoxy) is 1. The zero-order valence-electron chi connectivity index (χ0n) is 18.9. The van der Waals surface area contributed by atoms with E-state index in [-0.39, 0.29) is 6.10 Å². The Labute approximate surface area is 189 Å². The van der Waals surface area contributed by atoms with Crippen LogP contribution >= 0.6 is 0 Å². The molecule has 3 rings (SSSR count). The van der Waals surface area contributed by atoms with Gasteiger partial charge in [-0.1, -0.05) is 87.4 Å². The van der Waals surface area contributed by atoms with Gasteiger partial charge in [0.1, 0.15) is 17.4 Å². The van der Waals surface area contributed by atoms with E-state index in [9.17, 15) is 14.7 Å². The first-order valence-electron chi connectivity index (χ1n) is 11.2. The van der Waals surface area contributed by atoms with Gasteiger partial charge in [-0.25, -0.2) is 4.79 Å². The molecule has 0 fully saturated rings. The van der Waals surface area contributed by atoms with Gasteiger partial charge in [0.25, 0.3) is 5.91 Å². The smallest absolute Gasteiger partial charge is 0.329 e. The molecule has 5 nitrogen and oxygen atoms in total. The Morgan fingerprint density at radius 1 is 1.00 bits per heavy atom. The fourth-order valence-electron chi connectivity index (χ4n) is 3.92. The van der Waals surface area contributed by atoms with Crippen LogP contribution in [-0.4, -0.2) is 22.5 Å². The molecule has 0 heterocycles. The van der Waals surface area contributed by atoms with Crippen LogP contribution in [-0.2, 0) is 4.79 Å². The minimum Gasteiger partial charge on any atom is -0.485 e. The Morgan fingerprint density at radius 3 is 2.34 bits per heavy atom. The molecule has 2 unspecified atom stereocenters. The van der Waals surface area contributed by atoms with Crippen LogP contribution in [0, 0.1) is 0 Å². The monoisotopic (exact) mass is 433 g/mol. The maximum absolute atomic E-state index is 13.4. The Morgan fingerprint density at radius 2 is 1.69 bits per heavy atom. The lowest BCUT2D eigenvalue weighted by atomic mass is 9.89. The number of benzene rings is 3. The second kappa shape index (κ2) is 10.3. The maximum atomic E-state index is 13.4. The van der Waals surface area contributed by atoms with Crippen molar-refractivity contribution in [3.8, 4) is 5.75 Å². The maximum Gasteiger partial charge on any atom is 0.329 e. The molecule has 168 valence electrons. The molecule has 1 amide bonds. The zero-order valence-corrected chi connectivity index (χ0v) is 18.9. The molecular formula is C27H31NO4. The lowest BCUT2D eigenvalue weighted by Crippen LogP contribution is -2.54. The van der Waals surface area contributed by atoms with Crippen LogP contribution in [0.2, 0.25) is 0 Å². The SMILES string of the molecule is CCCCC(CC)(NC(=O)c1ccc2ccccc2c1OC(C)c1ccccc1)C(=O)O. The van der Waals surface area contributed by atoms with Gasteiger partial charge in [-0.05, 0) is 36.8 Å². The highest BCUT2D eigenvalue weighted by molar-refractivity contribution is 6.05. The predicted molar refractivity (Wildman–Crippen MR) is 127 cm³/mol. The molecule has 0 aliphatic carbocycles. The van der Waals surface area contributed by atoms with Crippen molar-refractivity contribution in [1.29, 1.82) is 0 Å². The molecule has 0 aliphatic heterocycles. The molecule has 2 atom stereocenters. The highest BCUT2D eigenvalue weighted by atomic mass is 16.5. The number of nitrogens with one attached hydrogen (secondary N) is 1. The summed E-state index contributed by atoms with van der Waals surface area (Å²) in [4.78, 5) is 25.6. The standard InChI is InChI=1S/C27H31NO4/c1-4-6-18-27(5-2,26(30)31)28-25(29)23-17-16-21-14-10-11-15-22(21)24(23)32-19(3)20-12-8-7-9-13-20/h7-17,19H,4-6,18H2,1-3H3,(H,28,29)(H,30,31). The molecule has 0 aliphatic rings. The van der Waals surface area contributed by atoms with Crippen molar-refractivity contribution >= 4 is 22.6 Å². The van der Waals surface area contributed by atoms with Gasteiger partial charge in [0.15, 0.2) is 0 Å². The number of amides is 1. The number of carbonyl (C=O) groups excluding carboxylic acids is 1. The molecule has 0 spiro atoms. The molecule has 2 N–H and O–H groups in total. The average molecular weight is 434 g/mol. The lowest BCUT2D eigenvalue weighted by Gasteiger charge is -2.30. The molecule has 0 radical (unpaired) electrons. The fourth-order valence-corrected chi connectivity index (χ4v) is 3.92. The number of carboxylic acids is 1. The Bertz CT molecular complexity index is 1080. The van der Waals surface area contributed by atoms with Crippen LogP contribution in [0.5, 0.6) is 5.75 Å². The van der Waals surface area contributed by atoms with E-state index < -0.39 is 17.4 Å². The number of carbonyl (C=O) groups is 2. The summed E-state index contributed by atoms with van der Waals surface area (Å²) in [6.45, 7) is 5.73. The van der Waals surface area contributed by atoms with Gasteiger partial charge < -0.3 is 15.2 Å². The number of fused-ring (bicyclic) bond motifs is 1. The summed E-state index contributed by atoms with van der Waals surface area (Å²) in [6, 6.07) is 21.1. The second-order valence-electron chi connectivity index (χ2n) is 8.13.